The SMILES string of the molecule is CC1CCCN(C(=O)NCCCCN(C)C)C1C(=O)O. The second kappa shape index (κ2) is 8.09. The molecule has 2 N–H and O–H groups in total. The minimum absolute atomic E-state index is 0.0146. The Labute approximate surface area is 121 Å². The number of amides is 2. The van der Waals surface area contributed by atoms with Crippen molar-refractivity contribution >= 4 is 12.0 Å². The molecule has 0 spiro atoms. The van der Waals surface area contributed by atoms with E-state index in [0.717, 1.165) is 32.2 Å². The van der Waals surface area contributed by atoms with Crippen LogP contribution in [0.3, 0.4) is 0 Å². The highest BCUT2D eigenvalue weighted by molar-refractivity contribution is 5.83. The van der Waals surface area contributed by atoms with Crippen molar-refractivity contribution < 1.29 is 14.7 Å². The lowest BCUT2D eigenvalue weighted by Crippen LogP contribution is -2.55. The number of carboxylic acids is 1. The summed E-state index contributed by atoms with van der Waals surface area (Å²) in [6.07, 6.45) is 3.67. The highest BCUT2D eigenvalue weighted by Gasteiger charge is 2.36. The summed E-state index contributed by atoms with van der Waals surface area (Å²) in [5.41, 5.74) is 0. The molecule has 0 radical (unpaired) electrons. The number of piperidine rings is 1. The lowest BCUT2D eigenvalue weighted by Gasteiger charge is -2.37. The van der Waals surface area contributed by atoms with E-state index in [4.69, 9.17) is 0 Å². The molecule has 2 unspecified atom stereocenters. The summed E-state index contributed by atoms with van der Waals surface area (Å²) in [4.78, 5) is 27.0. The molecule has 1 saturated heterocycles. The number of carbonyl (C=O) groups excluding carboxylic acids is 1. The largest absolute Gasteiger partial charge is 0.480 e. The average molecular weight is 285 g/mol. The Hall–Kier alpha value is -1.30. The maximum Gasteiger partial charge on any atom is 0.326 e. The Kier molecular flexibility index (Phi) is 6.78. The summed E-state index contributed by atoms with van der Waals surface area (Å²) in [6, 6.07) is -0.931. The van der Waals surface area contributed by atoms with E-state index in [1.165, 1.54) is 4.90 Å². The van der Waals surface area contributed by atoms with Crippen LogP contribution in [0.5, 0.6) is 0 Å². The van der Waals surface area contributed by atoms with Crippen LogP contribution in [-0.2, 0) is 4.79 Å². The van der Waals surface area contributed by atoms with Crippen LogP contribution in [-0.4, -0.2) is 66.7 Å². The first kappa shape index (κ1) is 16.8. The third-order valence-corrected chi connectivity index (χ3v) is 3.76. The first-order valence-corrected chi connectivity index (χ1v) is 7.35. The van der Waals surface area contributed by atoms with E-state index in [1.807, 2.05) is 21.0 Å². The fraction of sp³-hybridized carbons (Fsp3) is 0.857. The van der Waals surface area contributed by atoms with Gasteiger partial charge in [-0.25, -0.2) is 9.59 Å². The van der Waals surface area contributed by atoms with Crippen molar-refractivity contribution in [1.29, 1.82) is 0 Å². The predicted octanol–water partition coefficient (Wildman–Crippen LogP) is 1.22. The topological polar surface area (TPSA) is 72.9 Å². The van der Waals surface area contributed by atoms with E-state index in [1.54, 1.807) is 0 Å². The molecule has 2 atom stereocenters. The molecule has 0 aromatic heterocycles. The summed E-state index contributed by atoms with van der Waals surface area (Å²) in [6.45, 7) is 4.03. The minimum atomic E-state index is -0.903. The fourth-order valence-corrected chi connectivity index (χ4v) is 2.64. The predicted molar refractivity (Wildman–Crippen MR) is 77.7 cm³/mol. The van der Waals surface area contributed by atoms with Crippen molar-refractivity contribution in [1.82, 2.24) is 15.1 Å². The third kappa shape index (κ3) is 5.00. The molecule has 6 nitrogen and oxygen atoms in total. The van der Waals surface area contributed by atoms with Gasteiger partial charge >= 0.3 is 12.0 Å². The zero-order valence-electron chi connectivity index (χ0n) is 12.8. The molecule has 6 heteroatoms. The lowest BCUT2D eigenvalue weighted by molar-refractivity contribution is -0.145. The maximum absolute atomic E-state index is 12.1. The Balaban J connectivity index is 2.38. The number of carbonyl (C=O) groups is 2. The molecule has 0 aromatic rings. The van der Waals surface area contributed by atoms with Crippen LogP contribution in [0.2, 0.25) is 0 Å². The van der Waals surface area contributed by atoms with Gasteiger partial charge in [0.05, 0.1) is 0 Å². The molecule has 1 rings (SSSR count). The van der Waals surface area contributed by atoms with Crippen molar-refractivity contribution in [2.24, 2.45) is 5.92 Å². The molecule has 0 aromatic carbocycles. The number of rotatable bonds is 6. The van der Waals surface area contributed by atoms with E-state index < -0.39 is 12.0 Å². The van der Waals surface area contributed by atoms with Gasteiger partial charge in [0, 0.05) is 13.1 Å². The monoisotopic (exact) mass is 285 g/mol. The molecular formula is C14H27N3O3. The van der Waals surface area contributed by atoms with Crippen LogP contribution in [0, 0.1) is 5.92 Å². The number of nitrogens with one attached hydrogen (secondary N) is 1. The first-order chi connectivity index (χ1) is 9.43. The molecule has 116 valence electrons. The van der Waals surface area contributed by atoms with Crippen molar-refractivity contribution in [2.75, 3.05) is 33.7 Å². The number of likely N-dealkylation sites (tertiary alicyclic amines) is 1. The van der Waals surface area contributed by atoms with Gasteiger partial charge in [-0.3, -0.25) is 0 Å². The minimum Gasteiger partial charge on any atom is -0.480 e. The zero-order valence-corrected chi connectivity index (χ0v) is 12.8. The van der Waals surface area contributed by atoms with Gasteiger partial charge in [-0.2, -0.15) is 0 Å². The van der Waals surface area contributed by atoms with Gasteiger partial charge in [0.15, 0.2) is 0 Å². The van der Waals surface area contributed by atoms with Gasteiger partial charge in [0.2, 0.25) is 0 Å². The van der Waals surface area contributed by atoms with Crippen molar-refractivity contribution in [3.8, 4) is 0 Å². The zero-order chi connectivity index (χ0) is 15.1. The highest BCUT2D eigenvalue weighted by atomic mass is 16.4. The summed E-state index contributed by atoms with van der Waals surface area (Å²) < 4.78 is 0. The quantitative estimate of drug-likeness (QED) is 0.720. The Bertz CT molecular complexity index is 334. The van der Waals surface area contributed by atoms with Crippen LogP contribution in [0.1, 0.15) is 32.6 Å². The molecule has 1 fully saturated rings. The van der Waals surface area contributed by atoms with Gasteiger partial charge in [0.1, 0.15) is 6.04 Å². The maximum atomic E-state index is 12.1. The Morgan fingerprint density at radius 3 is 2.65 bits per heavy atom. The molecular weight excluding hydrogens is 258 g/mol. The molecule has 0 saturated carbocycles. The standard InChI is InChI=1S/C14H27N3O3/c1-11-7-6-10-17(12(11)13(18)19)14(20)15-8-4-5-9-16(2)3/h11-12H,4-10H2,1-3H3,(H,15,20)(H,18,19). The van der Waals surface area contributed by atoms with E-state index in [-0.39, 0.29) is 11.9 Å². The fourth-order valence-electron chi connectivity index (χ4n) is 2.64. The first-order valence-electron chi connectivity index (χ1n) is 7.35. The van der Waals surface area contributed by atoms with Crippen molar-refractivity contribution in [3.63, 3.8) is 0 Å². The molecule has 1 aliphatic rings. The number of urea groups is 1. The van der Waals surface area contributed by atoms with Crippen LogP contribution in [0.15, 0.2) is 0 Å². The summed E-state index contributed by atoms with van der Waals surface area (Å²) in [5, 5.41) is 12.1. The van der Waals surface area contributed by atoms with E-state index in [9.17, 15) is 14.7 Å². The summed E-state index contributed by atoms with van der Waals surface area (Å²) in [7, 11) is 4.04. The smallest absolute Gasteiger partial charge is 0.326 e. The number of hydrogen-bond donors (Lipinski definition) is 2. The van der Waals surface area contributed by atoms with E-state index in [0.29, 0.717) is 13.1 Å². The molecule has 20 heavy (non-hydrogen) atoms. The van der Waals surface area contributed by atoms with E-state index in [2.05, 4.69) is 10.2 Å². The van der Waals surface area contributed by atoms with Gasteiger partial charge in [0.25, 0.3) is 0 Å². The van der Waals surface area contributed by atoms with Crippen LogP contribution in [0.4, 0.5) is 4.79 Å². The number of nitrogens with zero attached hydrogens (tertiary/aromatic N) is 2. The Morgan fingerprint density at radius 2 is 2.05 bits per heavy atom. The van der Waals surface area contributed by atoms with E-state index >= 15 is 0 Å². The van der Waals surface area contributed by atoms with Crippen LogP contribution >= 0.6 is 0 Å². The van der Waals surface area contributed by atoms with Crippen LogP contribution in [0.25, 0.3) is 0 Å². The van der Waals surface area contributed by atoms with Gasteiger partial charge < -0.3 is 20.2 Å². The van der Waals surface area contributed by atoms with Gasteiger partial charge in [-0.1, -0.05) is 6.92 Å². The van der Waals surface area contributed by atoms with Gasteiger partial charge in [-0.15, -0.1) is 0 Å². The number of aliphatic carboxylic acids is 1. The summed E-state index contributed by atoms with van der Waals surface area (Å²) in [5.74, 6) is -0.888. The molecule has 1 aliphatic heterocycles. The number of carboxylic acid groups (broad SMARTS) is 1. The molecule has 0 aliphatic carbocycles. The third-order valence-electron chi connectivity index (χ3n) is 3.76. The average Bonchev–Trinajstić information content (AvgIpc) is 2.36. The highest BCUT2D eigenvalue weighted by Crippen LogP contribution is 2.23. The van der Waals surface area contributed by atoms with Crippen molar-refractivity contribution in [2.45, 2.75) is 38.6 Å². The molecule has 2 amide bonds. The molecule has 0 bridgehead atoms. The van der Waals surface area contributed by atoms with Gasteiger partial charge in [-0.05, 0) is 52.2 Å². The second-order valence-corrected chi connectivity index (χ2v) is 5.84. The van der Waals surface area contributed by atoms with Crippen LogP contribution < -0.4 is 5.32 Å². The molecule has 1 heterocycles. The number of unbranched alkanes of at least 4 members (excludes halogenated alkanes) is 1. The number of hydrogen-bond acceptors (Lipinski definition) is 3. The van der Waals surface area contributed by atoms with Crippen molar-refractivity contribution in [3.05, 3.63) is 0 Å². The summed E-state index contributed by atoms with van der Waals surface area (Å²) >= 11 is 0. The second-order valence-electron chi connectivity index (χ2n) is 5.84. The normalized spacial score (nSPS) is 22.9. The Morgan fingerprint density at radius 1 is 1.35 bits per heavy atom. The lowest BCUT2D eigenvalue weighted by atomic mass is 9.91.